The van der Waals surface area contributed by atoms with Gasteiger partial charge in [0.05, 0.1) is 25.2 Å². The normalized spacial score (nSPS) is 26.6. The first-order chi connectivity index (χ1) is 12.2. The average molecular weight is 340 g/mol. The minimum absolute atomic E-state index is 0.0158. The van der Waals surface area contributed by atoms with Crippen molar-refractivity contribution in [2.75, 3.05) is 13.2 Å². The number of rotatable bonds is 2. The van der Waals surface area contributed by atoms with Crippen LogP contribution in [0.3, 0.4) is 0 Å². The number of ether oxygens (including phenoxy) is 2. The zero-order valence-electron chi connectivity index (χ0n) is 14.4. The van der Waals surface area contributed by atoms with Gasteiger partial charge in [-0.05, 0) is 43.2 Å². The molecular weight excluding hydrogens is 316 g/mol. The monoisotopic (exact) mass is 340 g/mol. The first-order valence-corrected chi connectivity index (χ1v) is 9.24. The molecule has 2 aliphatic carbocycles. The number of carbonyl (C=O) groups excluding carboxylic acids is 1. The van der Waals surface area contributed by atoms with Gasteiger partial charge in [-0.1, -0.05) is 24.3 Å². The molecule has 0 bridgehead atoms. The van der Waals surface area contributed by atoms with Crippen LogP contribution in [0.15, 0.2) is 24.3 Å². The maximum atomic E-state index is 13.0. The number of nitrogens with zero attached hydrogens (tertiary/aromatic N) is 1. The molecule has 1 aromatic rings. The lowest BCUT2D eigenvalue weighted by molar-refractivity contribution is -0.183. The molecule has 1 amide bonds. The Hall–Kier alpha value is -1.90. The molecule has 1 heterocycles. The number of benzene rings is 1. The topological polar surface area (TPSA) is 71.4 Å². The van der Waals surface area contributed by atoms with Crippen molar-refractivity contribution in [2.24, 2.45) is 0 Å². The van der Waals surface area contributed by atoms with Gasteiger partial charge in [-0.2, -0.15) is 5.26 Å². The van der Waals surface area contributed by atoms with Crippen LogP contribution in [0.2, 0.25) is 0 Å². The molecule has 1 aliphatic heterocycles. The third-order valence-corrected chi connectivity index (χ3v) is 5.94. The number of amides is 1. The third kappa shape index (κ3) is 3.05. The van der Waals surface area contributed by atoms with Crippen molar-refractivity contribution in [1.29, 1.82) is 5.26 Å². The highest BCUT2D eigenvalue weighted by Crippen LogP contribution is 2.41. The molecule has 3 aliphatic rings. The summed E-state index contributed by atoms with van der Waals surface area (Å²) < 4.78 is 11.5. The summed E-state index contributed by atoms with van der Waals surface area (Å²) in [4.78, 5) is 13.0. The minimum Gasteiger partial charge on any atom is -0.348 e. The second-order valence-electron chi connectivity index (χ2n) is 7.43. The van der Waals surface area contributed by atoms with Crippen LogP contribution in [-0.4, -0.2) is 30.4 Å². The quantitative estimate of drug-likeness (QED) is 0.899. The lowest BCUT2D eigenvalue weighted by Gasteiger charge is -2.40. The molecule has 1 spiro atoms. The van der Waals surface area contributed by atoms with Crippen LogP contribution in [0, 0.1) is 11.3 Å². The van der Waals surface area contributed by atoms with Gasteiger partial charge >= 0.3 is 0 Å². The van der Waals surface area contributed by atoms with E-state index in [1.165, 1.54) is 5.56 Å². The Bertz CT molecular complexity index is 693. The predicted octanol–water partition coefficient (Wildman–Crippen LogP) is 2.80. The summed E-state index contributed by atoms with van der Waals surface area (Å²) in [6, 6.07) is 10.5. The third-order valence-electron chi connectivity index (χ3n) is 5.94. The van der Waals surface area contributed by atoms with E-state index in [0.717, 1.165) is 24.8 Å². The highest BCUT2D eigenvalue weighted by Gasteiger charge is 2.47. The first kappa shape index (κ1) is 16.6. The lowest BCUT2D eigenvalue weighted by atomic mass is 9.77. The predicted molar refractivity (Wildman–Crippen MR) is 91.7 cm³/mol. The molecule has 5 nitrogen and oxygen atoms in total. The van der Waals surface area contributed by atoms with Crippen molar-refractivity contribution < 1.29 is 14.3 Å². The van der Waals surface area contributed by atoms with Crippen LogP contribution in [0.1, 0.15) is 55.6 Å². The maximum Gasteiger partial charge on any atom is 0.228 e. The molecule has 0 aromatic heterocycles. The van der Waals surface area contributed by atoms with E-state index in [-0.39, 0.29) is 11.8 Å². The smallest absolute Gasteiger partial charge is 0.228 e. The fourth-order valence-corrected chi connectivity index (χ4v) is 4.46. The zero-order valence-corrected chi connectivity index (χ0v) is 14.4. The van der Waals surface area contributed by atoms with Crippen LogP contribution in [0.5, 0.6) is 0 Å². The summed E-state index contributed by atoms with van der Waals surface area (Å²) in [6.45, 7) is 1.23. The summed E-state index contributed by atoms with van der Waals surface area (Å²) in [5.74, 6) is -0.689. The van der Waals surface area contributed by atoms with Crippen molar-refractivity contribution >= 4 is 5.91 Å². The molecule has 1 saturated heterocycles. The van der Waals surface area contributed by atoms with E-state index in [4.69, 9.17) is 9.47 Å². The van der Waals surface area contributed by atoms with Gasteiger partial charge in [-0.15, -0.1) is 0 Å². The van der Waals surface area contributed by atoms with E-state index in [0.29, 0.717) is 38.9 Å². The number of nitrogens with one attached hydrogen (secondary N) is 1. The fourth-order valence-electron chi connectivity index (χ4n) is 4.46. The Labute approximate surface area is 148 Å². The van der Waals surface area contributed by atoms with Gasteiger partial charge < -0.3 is 14.8 Å². The van der Waals surface area contributed by atoms with Crippen LogP contribution >= 0.6 is 0 Å². The van der Waals surface area contributed by atoms with E-state index in [1.807, 2.05) is 18.2 Å². The molecule has 2 fully saturated rings. The Kier molecular flexibility index (Phi) is 4.26. The largest absolute Gasteiger partial charge is 0.348 e. The van der Waals surface area contributed by atoms with Gasteiger partial charge in [0.2, 0.25) is 5.91 Å². The van der Waals surface area contributed by atoms with Crippen LogP contribution in [-0.2, 0) is 20.7 Å². The molecule has 132 valence electrons. The van der Waals surface area contributed by atoms with Crippen LogP contribution < -0.4 is 5.32 Å². The van der Waals surface area contributed by atoms with Crippen molar-refractivity contribution in [3.05, 3.63) is 35.4 Å². The molecule has 0 unspecified atom stereocenters. The summed E-state index contributed by atoms with van der Waals surface area (Å²) in [6.07, 6.45) is 5.35. The summed E-state index contributed by atoms with van der Waals surface area (Å²) in [5.41, 5.74) is 1.58. The highest BCUT2D eigenvalue weighted by atomic mass is 16.7. The Morgan fingerprint density at radius 3 is 2.60 bits per heavy atom. The summed E-state index contributed by atoms with van der Waals surface area (Å²) in [5, 5.41) is 12.9. The van der Waals surface area contributed by atoms with Crippen molar-refractivity contribution in [2.45, 2.75) is 62.2 Å². The molecule has 0 radical (unpaired) electrons. The van der Waals surface area contributed by atoms with Crippen molar-refractivity contribution in [1.82, 2.24) is 5.32 Å². The van der Waals surface area contributed by atoms with Gasteiger partial charge in [-0.3, -0.25) is 4.79 Å². The van der Waals surface area contributed by atoms with Crippen LogP contribution in [0.4, 0.5) is 0 Å². The minimum atomic E-state index is -0.802. The number of nitriles is 1. The number of aryl methyl sites for hydroxylation is 1. The maximum absolute atomic E-state index is 13.0. The standard InChI is InChI=1S/C20H24N2O3/c21-14-19(8-10-20(11-9-19)24-12-13-25-20)22-18(23)17-7-3-5-15-4-1-2-6-16(15)17/h1-2,4,6,17H,3,5,7-13H2,(H,22,23)/t17-/m0/s1. The van der Waals surface area contributed by atoms with Crippen LogP contribution in [0.25, 0.3) is 0 Å². The Morgan fingerprint density at radius 1 is 1.16 bits per heavy atom. The van der Waals surface area contributed by atoms with E-state index in [1.54, 1.807) is 0 Å². The molecule has 4 rings (SSSR count). The average Bonchev–Trinajstić information content (AvgIpc) is 3.12. The van der Waals surface area contributed by atoms with E-state index >= 15 is 0 Å². The number of hydrogen-bond acceptors (Lipinski definition) is 4. The molecule has 1 N–H and O–H groups in total. The highest BCUT2D eigenvalue weighted by molar-refractivity contribution is 5.85. The number of hydrogen-bond donors (Lipinski definition) is 1. The molecule has 1 atom stereocenters. The Balaban J connectivity index is 1.48. The van der Waals surface area contributed by atoms with E-state index < -0.39 is 11.3 Å². The van der Waals surface area contributed by atoms with Gasteiger partial charge in [0.1, 0.15) is 5.54 Å². The van der Waals surface area contributed by atoms with Gasteiger partial charge in [0.25, 0.3) is 0 Å². The first-order valence-electron chi connectivity index (χ1n) is 9.24. The fraction of sp³-hybridized carbons (Fsp3) is 0.600. The molecular formula is C20H24N2O3. The van der Waals surface area contributed by atoms with E-state index in [9.17, 15) is 10.1 Å². The Morgan fingerprint density at radius 2 is 1.88 bits per heavy atom. The zero-order chi connectivity index (χ0) is 17.3. The molecule has 25 heavy (non-hydrogen) atoms. The summed E-state index contributed by atoms with van der Waals surface area (Å²) >= 11 is 0. The molecule has 1 aromatic carbocycles. The van der Waals surface area contributed by atoms with Gasteiger partial charge in [0.15, 0.2) is 5.79 Å². The van der Waals surface area contributed by atoms with Gasteiger partial charge in [-0.25, -0.2) is 0 Å². The van der Waals surface area contributed by atoms with E-state index in [2.05, 4.69) is 17.5 Å². The molecule has 1 saturated carbocycles. The number of fused-ring (bicyclic) bond motifs is 1. The second-order valence-corrected chi connectivity index (χ2v) is 7.43. The van der Waals surface area contributed by atoms with Crippen molar-refractivity contribution in [3.63, 3.8) is 0 Å². The SMILES string of the molecule is N#CC1(NC(=O)[C@H]2CCCc3ccccc32)CCC2(CC1)OCCO2. The molecule has 5 heteroatoms. The second kappa shape index (κ2) is 6.44. The number of carbonyl (C=O) groups is 1. The van der Waals surface area contributed by atoms with Crippen molar-refractivity contribution in [3.8, 4) is 6.07 Å². The van der Waals surface area contributed by atoms with Gasteiger partial charge in [0, 0.05) is 12.8 Å². The lowest BCUT2D eigenvalue weighted by Crippen LogP contribution is -2.54. The summed E-state index contributed by atoms with van der Waals surface area (Å²) in [7, 11) is 0.